The van der Waals surface area contributed by atoms with Crippen molar-refractivity contribution in [2.75, 3.05) is 36.7 Å². The molecule has 0 bridgehead atoms. The molecule has 2 aromatic rings. The number of thioether (sulfide) groups is 1. The van der Waals surface area contributed by atoms with Crippen molar-refractivity contribution in [2.24, 2.45) is 0 Å². The molecule has 1 aliphatic rings. The van der Waals surface area contributed by atoms with Crippen LogP contribution in [0.1, 0.15) is 21.5 Å². The van der Waals surface area contributed by atoms with Gasteiger partial charge in [-0.05, 0) is 42.3 Å². The van der Waals surface area contributed by atoms with E-state index in [0.717, 1.165) is 22.6 Å². The normalized spacial score (nSPS) is 13.1. The van der Waals surface area contributed by atoms with Crippen LogP contribution >= 0.6 is 11.8 Å². The van der Waals surface area contributed by atoms with Crippen LogP contribution in [0.3, 0.4) is 0 Å². The molecule has 1 heterocycles. The molecule has 6 nitrogen and oxygen atoms in total. The maximum atomic E-state index is 12.6. The molecule has 0 fully saturated rings. The van der Waals surface area contributed by atoms with Gasteiger partial charge in [-0.2, -0.15) is 0 Å². The van der Waals surface area contributed by atoms with Crippen molar-refractivity contribution in [3.63, 3.8) is 0 Å². The third-order valence-electron chi connectivity index (χ3n) is 4.53. The number of hydrogen-bond acceptors (Lipinski definition) is 5. The summed E-state index contributed by atoms with van der Waals surface area (Å²) in [5, 5.41) is 7.47. The van der Waals surface area contributed by atoms with E-state index < -0.39 is 0 Å². The van der Waals surface area contributed by atoms with E-state index in [9.17, 15) is 9.59 Å². The first-order valence-electron chi connectivity index (χ1n) is 9.35. The number of anilines is 2. The molecule has 0 aromatic heterocycles. The number of aryl methyl sites for hydroxylation is 1. The third-order valence-corrected chi connectivity index (χ3v) is 5.31. The molecule has 3 rings (SSSR count). The van der Waals surface area contributed by atoms with E-state index in [1.165, 1.54) is 0 Å². The lowest BCUT2D eigenvalue weighted by molar-refractivity contribution is -0.116. The van der Waals surface area contributed by atoms with Crippen molar-refractivity contribution in [1.29, 1.82) is 0 Å². The van der Waals surface area contributed by atoms with Crippen molar-refractivity contribution in [3.05, 3.63) is 70.3 Å². The first kappa shape index (κ1) is 20.8. The molecule has 0 unspecified atom stereocenters. The molecule has 2 N–H and O–H groups in total. The van der Waals surface area contributed by atoms with Crippen LogP contribution in [-0.2, 0) is 16.1 Å². The molecule has 0 spiro atoms. The van der Waals surface area contributed by atoms with Crippen LogP contribution in [-0.4, -0.2) is 38.3 Å². The molecule has 29 heavy (non-hydrogen) atoms. The summed E-state index contributed by atoms with van der Waals surface area (Å²) in [6.07, 6.45) is 0. The topological polar surface area (TPSA) is 70.7 Å². The van der Waals surface area contributed by atoms with Gasteiger partial charge in [0.25, 0.3) is 11.8 Å². The number of carbonyl (C=O) groups excluding carboxylic acids is 2. The summed E-state index contributed by atoms with van der Waals surface area (Å²) >= 11 is 1.55. The van der Waals surface area contributed by atoms with Gasteiger partial charge in [0, 0.05) is 48.7 Å². The second-order valence-electron chi connectivity index (χ2n) is 6.93. The fourth-order valence-electron chi connectivity index (χ4n) is 2.77. The zero-order valence-corrected chi connectivity index (χ0v) is 17.6. The molecule has 7 heteroatoms. The minimum absolute atomic E-state index is 0.194. The van der Waals surface area contributed by atoms with Crippen molar-refractivity contribution in [1.82, 2.24) is 5.32 Å². The summed E-state index contributed by atoms with van der Waals surface area (Å²) in [6.45, 7) is 2.83. The molecule has 0 aliphatic carbocycles. The highest BCUT2D eigenvalue weighted by molar-refractivity contribution is 8.02. The minimum Gasteiger partial charge on any atom is -0.487 e. The SMILES string of the molecule is Cc1ccc(C(=O)NCc2ccc(N(C)C)cc2)cc1NC(=O)C1=CSCCO1. The molecule has 2 aromatic carbocycles. The van der Waals surface area contributed by atoms with Gasteiger partial charge in [0.05, 0.1) is 6.61 Å². The Labute approximate surface area is 175 Å². The van der Waals surface area contributed by atoms with E-state index in [-0.39, 0.29) is 11.8 Å². The van der Waals surface area contributed by atoms with Gasteiger partial charge in [0.15, 0.2) is 5.76 Å². The van der Waals surface area contributed by atoms with Crippen LogP contribution in [0.5, 0.6) is 0 Å². The largest absolute Gasteiger partial charge is 0.487 e. The second-order valence-corrected chi connectivity index (χ2v) is 7.91. The predicted molar refractivity (Wildman–Crippen MR) is 118 cm³/mol. The molecule has 152 valence electrons. The maximum absolute atomic E-state index is 12.6. The number of amides is 2. The monoisotopic (exact) mass is 411 g/mol. The van der Waals surface area contributed by atoms with Crippen LogP contribution in [0, 0.1) is 6.92 Å². The smallest absolute Gasteiger partial charge is 0.291 e. The Kier molecular flexibility index (Phi) is 6.82. The fraction of sp³-hybridized carbons (Fsp3) is 0.273. The van der Waals surface area contributed by atoms with Gasteiger partial charge in [0.1, 0.15) is 0 Å². The highest BCUT2D eigenvalue weighted by atomic mass is 32.2. The van der Waals surface area contributed by atoms with Crippen LogP contribution in [0.15, 0.2) is 53.6 Å². The van der Waals surface area contributed by atoms with E-state index in [1.807, 2.05) is 56.3 Å². The van der Waals surface area contributed by atoms with Crippen LogP contribution in [0.2, 0.25) is 0 Å². The van der Waals surface area contributed by atoms with Gasteiger partial charge >= 0.3 is 0 Å². The molecule has 2 amide bonds. The molecule has 1 aliphatic heterocycles. The van der Waals surface area contributed by atoms with Crippen molar-refractivity contribution in [3.8, 4) is 0 Å². The Morgan fingerprint density at radius 1 is 1.10 bits per heavy atom. The number of rotatable bonds is 6. The quantitative estimate of drug-likeness (QED) is 0.761. The van der Waals surface area contributed by atoms with E-state index >= 15 is 0 Å². The first-order chi connectivity index (χ1) is 13.9. The van der Waals surface area contributed by atoms with E-state index in [4.69, 9.17) is 4.74 Å². The standard InChI is InChI=1S/C22H25N3O3S/c1-15-4-7-17(12-19(15)24-22(27)20-14-29-11-10-28-20)21(26)23-13-16-5-8-18(9-6-16)25(2)3/h4-9,12,14H,10-11,13H2,1-3H3,(H,23,26)(H,24,27). The summed E-state index contributed by atoms with van der Waals surface area (Å²) in [6, 6.07) is 13.3. The van der Waals surface area contributed by atoms with Crippen molar-refractivity contribution in [2.45, 2.75) is 13.5 Å². The number of nitrogens with zero attached hydrogens (tertiary/aromatic N) is 1. The van der Waals surface area contributed by atoms with Crippen molar-refractivity contribution < 1.29 is 14.3 Å². The third kappa shape index (κ3) is 5.54. The van der Waals surface area contributed by atoms with Crippen molar-refractivity contribution >= 4 is 35.0 Å². The van der Waals surface area contributed by atoms with Gasteiger partial charge < -0.3 is 20.3 Å². The van der Waals surface area contributed by atoms with E-state index in [2.05, 4.69) is 10.6 Å². The summed E-state index contributed by atoms with van der Waals surface area (Å²) in [5.74, 6) is 0.639. The van der Waals surface area contributed by atoms with Crippen LogP contribution < -0.4 is 15.5 Å². The lowest BCUT2D eigenvalue weighted by Gasteiger charge is -2.16. The first-order valence-corrected chi connectivity index (χ1v) is 10.4. The Bertz CT molecular complexity index is 923. The lowest BCUT2D eigenvalue weighted by Crippen LogP contribution is -2.23. The summed E-state index contributed by atoms with van der Waals surface area (Å²) in [7, 11) is 3.97. The molecular weight excluding hydrogens is 386 g/mol. The number of hydrogen-bond donors (Lipinski definition) is 2. The Hall–Kier alpha value is -2.93. The predicted octanol–water partition coefficient (Wildman–Crippen LogP) is 3.53. The zero-order valence-electron chi connectivity index (χ0n) is 16.8. The van der Waals surface area contributed by atoms with Gasteiger partial charge in [-0.25, -0.2) is 0 Å². The summed E-state index contributed by atoms with van der Waals surface area (Å²) in [5.41, 5.74) is 4.08. The number of ether oxygens (including phenoxy) is 1. The number of carbonyl (C=O) groups is 2. The Morgan fingerprint density at radius 2 is 1.86 bits per heavy atom. The average Bonchev–Trinajstić information content (AvgIpc) is 2.74. The average molecular weight is 412 g/mol. The van der Waals surface area contributed by atoms with Crippen LogP contribution in [0.25, 0.3) is 0 Å². The fourth-order valence-corrected chi connectivity index (χ4v) is 3.39. The minimum atomic E-state index is -0.307. The highest BCUT2D eigenvalue weighted by Crippen LogP contribution is 2.21. The van der Waals surface area contributed by atoms with Crippen LogP contribution in [0.4, 0.5) is 11.4 Å². The molecule has 0 saturated heterocycles. The van der Waals surface area contributed by atoms with Gasteiger partial charge in [-0.3, -0.25) is 9.59 Å². The molecule has 0 saturated carbocycles. The van der Waals surface area contributed by atoms with Gasteiger partial charge in [-0.15, -0.1) is 11.8 Å². The molecule has 0 radical (unpaired) electrons. The Balaban J connectivity index is 1.64. The highest BCUT2D eigenvalue weighted by Gasteiger charge is 2.16. The van der Waals surface area contributed by atoms with Gasteiger partial charge in [-0.1, -0.05) is 18.2 Å². The number of benzene rings is 2. The summed E-state index contributed by atoms with van der Waals surface area (Å²) < 4.78 is 5.39. The number of nitrogens with one attached hydrogen (secondary N) is 2. The summed E-state index contributed by atoms with van der Waals surface area (Å²) in [4.78, 5) is 27.0. The van der Waals surface area contributed by atoms with E-state index in [1.54, 1.807) is 29.3 Å². The Morgan fingerprint density at radius 3 is 2.52 bits per heavy atom. The molecule has 0 atom stereocenters. The molecular formula is C22H25N3O3S. The zero-order chi connectivity index (χ0) is 20.8. The van der Waals surface area contributed by atoms with E-state index in [0.29, 0.717) is 30.2 Å². The maximum Gasteiger partial charge on any atom is 0.291 e. The second kappa shape index (κ2) is 9.52. The van der Waals surface area contributed by atoms with Gasteiger partial charge in [0.2, 0.25) is 0 Å². The lowest BCUT2D eigenvalue weighted by atomic mass is 10.1.